The molecule has 0 amide bonds. The topological polar surface area (TPSA) is 29.3 Å². The van der Waals surface area contributed by atoms with Crippen LogP contribution in [-0.4, -0.2) is 23.0 Å². The van der Waals surface area contributed by atoms with Gasteiger partial charge < -0.3 is 9.72 Å². The zero-order valence-electron chi connectivity index (χ0n) is 16.9. The van der Waals surface area contributed by atoms with Crippen molar-refractivity contribution >= 4 is 5.52 Å². The summed E-state index contributed by atoms with van der Waals surface area (Å²) < 4.78 is 2.33. The van der Waals surface area contributed by atoms with Gasteiger partial charge in [-0.3, -0.25) is 0 Å². The average molecular weight is 382 g/mol. The van der Waals surface area contributed by atoms with Crippen LogP contribution in [0, 0.1) is 5.92 Å². The molecule has 146 valence electrons. The Kier molecular flexibility index (Phi) is 4.91. The largest absolute Gasteiger partial charge is 0.320 e. The molecule has 0 saturated carbocycles. The van der Waals surface area contributed by atoms with Crippen LogP contribution < -0.4 is 5.32 Å². The molecular formula is C26H27N3. The minimum absolute atomic E-state index is 0.419. The summed E-state index contributed by atoms with van der Waals surface area (Å²) in [6.07, 6.45) is 5.57. The van der Waals surface area contributed by atoms with Crippen molar-refractivity contribution in [3.8, 4) is 11.3 Å². The van der Waals surface area contributed by atoms with Gasteiger partial charge in [0.15, 0.2) is 0 Å². The summed E-state index contributed by atoms with van der Waals surface area (Å²) in [6, 6.07) is 25.9. The number of fused-ring (bicyclic) bond motifs is 2. The third kappa shape index (κ3) is 3.36. The van der Waals surface area contributed by atoms with Crippen molar-refractivity contribution in [3.05, 3.63) is 95.9 Å². The molecule has 0 fully saturated rings. The highest BCUT2D eigenvalue weighted by atomic mass is 15.0. The zero-order chi connectivity index (χ0) is 19.6. The van der Waals surface area contributed by atoms with Crippen LogP contribution in [0.15, 0.2) is 79.0 Å². The molecule has 1 N–H and O–H groups in total. The van der Waals surface area contributed by atoms with Gasteiger partial charge >= 0.3 is 0 Å². The molecule has 0 bridgehead atoms. The van der Waals surface area contributed by atoms with Gasteiger partial charge in [-0.1, -0.05) is 60.7 Å². The average Bonchev–Trinajstić information content (AvgIpc) is 3.37. The van der Waals surface area contributed by atoms with Crippen LogP contribution in [0.25, 0.3) is 16.8 Å². The summed E-state index contributed by atoms with van der Waals surface area (Å²) in [6.45, 7) is 1.000. The second kappa shape index (κ2) is 7.84. The molecule has 29 heavy (non-hydrogen) atoms. The van der Waals surface area contributed by atoms with Crippen molar-refractivity contribution in [1.29, 1.82) is 0 Å². The normalized spacial score (nSPS) is 14.9. The number of imidazole rings is 1. The molecule has 3 heteroatoms. The lowest BCUT2D eigenvalue weighted by Gasteiger charge is -2.22. The van der Waals surface area contributed by atoms with Gasteiger partial charge in [-0.15, -0.1) is 0 Å². The molecule has 0 spiro atoms. The molecule has 0 radical (unpaired) electrons. The Morgan fingerprint density at radius 1 is 0.931 bits per heavy atom. The van der Waals surface area contributed by atoms with E-state index in [2.05, 4.69) is 88.7 Å². The number of nitrogens with zero attached hydrogens (tertiary/aromatic N) is 2. The van der Waals surface area contributed by atoms with E-state index in [4.69, 9.17) is 4.98 Å². The number of benzene rings is 2. The quantitative estimate of drug-likeness (QED) is 0.503. The molecule has 0 saturated heterocycles. The molecule has 1 aliphatic carbocycles. The van der Waals surface area contributed by atoms with E-state index < -0.39 is 0 Å². The van der Waals surface area contributed by atoms with Crippen molar-refractivity contribution < 1.29 is 0 Å². The maximum absolute atomic E-state index is 5.26. The molecule has 2 aromatic carbocycles. The van der Waals surface area contributed by atoms with Crippen LogP contribution in [0.3, 0.4) is 0 Å². The fraction of sp³-hybridized carbons (Fsp3) is 0.269. The predicted octanol–water partition coefficient (Wildman–Crippen LogP) is 5.11. The van der Waals surface area contributed by atoms with Crippen molar-refractivity contribution in [2.24, 2.45) is 5.92 Å². The molecule has 3 nitrogen and oxygen atoms in total. The molecule has 2 heterocycles. The first-order valence-corrected chi connectivity index (χ1v) is 10.6. The molecule has 0 aliphatic heterocycles. The van der Waals surface area contributed by atoms with E-state index in [9.17, 15) is 0 Å². The maximum atomic E-state index is 5.26. The SMILES string of the molecule is CNCCC(c1nc(-c2ccccc2)c2ccccn12)C1Cc2ccccc2C1. The Labute approximate surface area is 172 Å². The first-order valence-electron chi connectivity index (χ1n) is 10.6. The monoisotopic (exact) mass is 381 g/mol. The molecule has 4 aromatic rings. The first-order chi connectivity index (χ1) is 14.3. The summed E-state index contributed by atoms with van der Waals surface area (Å²) >= 11 is 0. The number of hydrogen-bond acceptors (Lipinski definition) is 2. The van der Waals surface area contributed by atoms with Gasteiger partial charge in [0.25, 0.3) is 0 Å². The molecule has 1 atom stereocenters. The zero-order valence-corrected chi connectivity index (χ0v) is 16.9. The van der Waals surface area contributed by atoms with Gasteiger partial charge in [-0.25, -0.2) is 4.98 Å². The van der Waals surface area contributed by atoms with E-state index in [0.717, 1.165) is 31.5 Å². The Balaban J connectivity index is 1.60. The lowest BCUT2D eigenvalue weighted by molar-refractivity contribution is 0.398. The van der Waals surface area contributed by atoms with Crippen LogP contribution >= 0.6 is 0 Å². The Hall–Kier alpha value is -2.91. The highest BCUT2D eigenvalue weighted by molar-refractivity contribution is 5.77. The van der Waals surface area contributed by atoms with E-state index in [1.807, 2.05) is 7.05 Å². The van der Waals surface area contributed by atoms with E-state index >= 15 is 0 Å². The van der Waals surface area contributed by atoms with Crippen molar-refractivity contribution in [3.63, 3.8) is 0 Å². The molecular weight excluding hydrogens is 354 g/mol. The Morgan fingerprint density at radius 3 is 2.34 bits per heavy atom. The van der Waals surface area contributed by atoms with E-state index in [1.54, 1.807) is 0 Å². The van der Waals surface area contributed by atoms with Crippen LogP contribution in [0.4, 0.5) is 0 Å². The minimum Gasteiger partial charge on any atom is -0.320 e. The fourth-order valence-corrected chi connectivity index (χ4v) is 4.88. The smallest absolute Gasteiger partial charge is 0.117 e. The van der Waals surface area contributed by atoms with Crippen molar-refractivity contribution in [2.75, 3.05) is 13.6 Å². The predicted molar refractivity (Wildman–Crippen MR) is 119 cm³/mol. The lowest BCUT2D eigenvalue weighted by atomic mass is 9.86. The standard InChI is InChI=1S/C26H27N3/c1-27-15-14-23(22-17-20-11-5-6-12-21(20)18-22)26-28-25(19-9-3-2-4-10-19)24-13-7-8-16-29(24)26/h2-13,16,22-23,27H,14-15,17-18H2,1H3. The van der Waals surface area contributed by atoms with E-state index in [1.165, 1.54) is 28.0 Å². The molecule has 5 rings (SSSR count). The molecule has 1 aliphatic rings. The summed E-state index contributed by atoms with van der Waals surface area (Å²) in [7, 11) is 2.04. The molecule has 2 aromatic heterocycles. The van der Waals surface area contributed by atoms with Crippen LogP contribution in [-0.2, 0) is 12.8 Å². The van der Waals surface area contributed by atoms with Crippen molar-refractivity contribution in [2.45, 2.75) is 25.2 Å². The second-order valence-electron chi connectivity index (χ2n) is 8.08. The van der Waals surface area contributed by atoms with Gasteiger partial charge in [-0.2, -0.15) is 0 Å². The highest BCUT2D eigenvalue weighted by Gasteiger charge is 2.32. The number of rotatable bonds is 6. The van der Waals surface area contributed by atoms with Crippen LogP contribution in [0.1, 0.15) is 29.3 Å². The Morgan fingerprint density at radius 2 is 1.62 bits per heavy atom. The number of aromatic nitrogens is 2. The van der Waals surface area contributed by atoms with Crippen LogP contribution in [0.2, 0.25) is 0 Å². The van der Waals surface area contributed by atoms with Gasteiger partial charge in [0.2, 0.25) is 0 Å². The third-order valence-electron chi connectivity index (χ3n) is 6.31. The first kappa shape index (κ1) is 18.1. The lowest BCUT2D eigenvalue weighted by Crippen LogP contribution is -2.21. The van der Waals surface area contributed by atoms with E-state index in [0.29, 0.717) is 11.8 Å². The van der Waals surface area contributed by atoms with Gasteiger partial charge in [-0.05, 0) is 62.0 Å². The van der Waals surface area contributed by atoms with Gasteiger partial charge in [0.05, 0.1) is 11.2 Å². The highest BCUT2D eigenvalue weighted by Crippen LogP contribution is 2.39. The second-order valence-corrected chi connectivity index (χ2v) is 8.08. The molecule has 1 unspecified atom stereocenters. The fourth-order valence-electron chi connectivity index (χ4n) is 4.88. The van der Waals surface area contributed by atoms with E-state index in [-0.39, 0.29) is 0 Å². The Bertz CT molecular complexity index is 1090. The van der Waals surface area contributed by atoms with Gasteiger partial charge in [0.1, 0.15) is 5.82 Å². The number of hydrogen-bond donors (Lipinski definition) is 1. The summed E-state index contributed by atoms with van der Waals surface area (Å²) in [5.74, 6) is 2.21. The third-order valence-corrected chi connectivity index (χ3v) is 6.31. The number of nitrogens with one attached hydrogen (secondary N) is 1. The summed E-state index contributed by atoms with van der Waals surface area (Å²) in [5.41, 5.74) is 6.49. The summed E-state index contributed by atoms with van der Waals surface area (Å²) in [5, 5.41) is 3.36. The minimum atomic E-state index is 0.419. The number of pyridine rings is 1. The van der Waals surface area contributed by atoms with Crippen molar-refractivity contribution in [1.82, 2.24) is 14.7 Å². The van der Waals surface area contributed by atoms with Gasteiger partial charge in [0, 0.05) is 17.7 Å². The maximum Gasteiger partial charge on any atom is 0.117 e. The summed E-state index contributed by atoms with van der Waals surface area (Å²) in [4.78, 5) is 5.26. The van der Waals surface area contributed by atoms with Crippen LogP contribution in [0.5, 0.6) is 0 Å².